The van der Waals surface area contributed by atoms with Crippen molar-refractivity contribution in [2.24, 2.45) is 0 Å². The van der Waals surface area contributed by atoms with Crippen LogP contribution in [0.3, 0.4) is 0 Å². The number of carbonyl (C=O) groups is 1. The molecule has 0 unspecified atom stereocenters. The average Bonchev–Trinajstić information content (AvgIpc) is 3.18. The molecule has 2 saturated heterocycles. The molecule has 164 valence electrons. The Morgan fingerprint density at radius 1 is 1.16 bits per heavy atom. The first-order valence-corrected chi connectivity index (χ1v) is 11.0. The number of aromatic nitrogens is 3. The van der Waals surface area contributed by atoms with Crippen molar-refractivity contribution in [3.8, 4) is 0 Å². The molecule has 5 rings (SSSR count). The van der Waals surface area contributed by atoms with E-state index >= 15 is 0 Å². The first kappa shape index (κ1) is 20.0. The zero-order valence-corrected chi connectivity index (χ0v) is 17.8. The van der Waals surface area contributed by atoms with Gasteiger partial charge < -0.3 is 19.9 Å². The highest BCUT2D eigenvalue weighted by Crippen LogP contribution is 2.45. The SMILES string of the molecule is CNC(=O)c1cccnc1N1CCC2(CCc3c2nc(N2CCOCC2)[nH]c3=O)CC1. The Bertz CT molecular complexity index is 1040. The van der Waals surface area contributed by atoms with Crippen molar-refractivity contribution in [2.45, 2.75) is 31.1 Å². The number of hydrogen-bond donors (Lipinski definition) is 2. The van der Waals surface area contributed by atoms with Crippen LogP contribution in [0.15, 0.2) is 23.1 Å². The molecule has 0 saturated carbocycles. The van der Waals surface area contributed by atoms with Crippen molar-refractivity contribution in [3.05, 3.63) is 45.5 Å². The topological polar surface area (TPSA) is 103 Å². The second-order valence-corrected chi connectivity index (χ2v) is 8.54. The summed E-state index contributed by atoms with van der Waals surface area (Å²) in [5.41, 5.74) is 2.33. The molecule has 9 nitrogen and oxygen atoms in total. The quantitative estimate of drug-likeness (QED) is 0.753. The third-order valence-corrected chi connectivity index (χ3v) is 6.95. The van der Waals surface area contributed by atoms with Gasteiger partial charge in [0.2, 0.25) is 5.95 Å². The predicted molar refractivity (Wildman–Crippen MR) is 117 cm³/mol. The van der Waals surface area contributed by atoms with Gasteiger partial charge in [-0.05, 0) is 37.8 Å². The molecule has 31 heavy (non-hydrogen) atoms. The van der Waals surface area contributed by atoms with E-state index in [1.807, 2.05) is 6.07 Å². The van der Waals surface area contributed by atoms with E-state index in [0.29, 0.717) is 24.7 Å². The summed E-state index contributed by atoms with van der Waals surface area (Å²) in [4.78, 5) is 41.9. The van der Waals surface area contributed by atoms with E-state index < -0.39 is 0 Å². The summed E-state index contributed by atoms with van der Waals surface area (Å²) in [5.74, 6) is 1.27. The minimum atomic E-state index is -0.127. The lowest BCUT2D eigenvalue weighted by Gasteiger charge is -2.40. The number of ether oxygens (including phenoxy) is 1. The Morgan fingerprint density at radius 3 is 2.68 bits per heavy atom. The van der Waals surface area contributed by atoms with Crippen LogP contribution < -0.4 is 20.7 Å². The standard InChI is InChI=1S/C22H28N6O3/c1-23-19(29)16-3-2-8-24-18(16)27-9-6-22(7-10-27)5-4-15-17(22)25-21(26-20(15)30)28-11-13-31-14-12-28/h2-3,8H,4-7,9-14H2,1H3,(H,23,29)(H,25,26,30). The summed E-state index contributed by atoms with van der Waals surface area (Å²) < 4.78 is 5.44. The number of carbonyl (C=O) groups excluding carboxylic acids is 1. The van der Waals surface area contributed by atoms with E-state index in [1.165, 1.54) is 0 Å². The van der Waals surface area contributed by atoms with Crippen molar-refractivity contribution < 1.29 is 9.53 Å². The van der Waals surface area contributed by atoms with E-state index in [2.05, 4.69) is 25.1 Å². The maximum absolute atomic E-state index is 12.8. The molecule has 2 aromatic heterocycles. The summed E-state index contributed by atoms with van der Waals surface area (Å²) >= 11 is 0. The summed E-state index contributed by atoms with van der Waals surface area (Å²) in [6, 6.07) is 3.60. The maximum atomic E-state index is 12.8. The van der Waals surface area contributed by atoms with E-state index in [-0.39, 0.29) is 16.9 Å². The van der Waals surface area contributed by atoms with Crippen LogP contribution in [-0.2, 0) is 16.6 Å². The van der Waals surface area contributed by atoms with Gasteiger partial charge in [-0.15, -0.1) is 0 Å². The molecule has 4 heterocycles. The molecule has 2 aliphatic heterocycles. The average molecular weight is 425 g/mol. The minimum absolute atomic E-state index is 0.00238. The van der Waals surface area contributed by atoms with Crippen molar-refractivity contribution in [3.63, 3.8) is 0 Å². The summed E-state index contributed by atoms with van der Waals surface area (Å²) in [7, 11) is 1.63. The highest BCUT2D eigenvalue weighted by molar-refractivity contribution is 5.98. The lowest BCUT2D eigenvalue weighted by Crippen LogP contribution is -2.44. The first-order chi connectivity index (χ1) is 15.1. The van der Waals surface area contributed by atoms with Crippen LogP contribution >= 0.6 is 0 Å². The van der Waals surface area contributed by atoms with Gasteiger partial charge in [0, 0.05) is 50.4 Å². The van der Waals surface area contributed by atoms with E-state index in [1.54, 1.807) is 19.3 Å². The van der Waals surface area contributed by atoms with Gasteiger partial charge in [0.15, 0.2) is 0 Å². The summed E-state index contributed by atoms with van der Waals surface area (Å²) in [6.07, 6.45) is 5.23. The Balaban J connectivity index is 1.41. The summed E-state index contributed by atoms with van der Waals surface area (Å²) in [5, 5.41) is 2.70. The maximum Gasteiger partial charge on any atom is 0.255 e. The summed E-state index contributed by atoms with van der Waals surface area (Å²) in [6.45, 7) is 4.34. The van der Waals surface area contributed by atoms with Gasteiger partial charge in [-0.2, -0.15) is 0 Å². The van der Waals surface area contributed by atoms with E-state index in [0.717, 1.165) is 68.9 Å². The second kappa shape index (κ2) is 7.96. The van der Waals surface area contributed by atoms with Gasteiger partial charge in [-0.3, -0.25) is 14.6 Å². The Hall–Kier alpha value is -2.94. The number of nitrogens with one attached hydrogen (secondary N) is 2. The normalized spacial score (nSPS) is 20.0. The van der Waals surface area contributed by atoms with Crippen LogP contribution in [0.2, 0.25) is 0 Å². The fourth-order valence-electron chi connectivity index (χ4n) is 5.16. The molecule has 0 bridgehead atoms. The molecule has 2 fully saturated rings. The number of rotatable bonds is 3. The lowest BCUT2D eigenvalue weighted by atomic mass is 9.76. The Morgan fingerprint density at radius 2 is 1.94 bits per heavy atom. The number of amides is 1. The van der Waals surface area contributed by atoms with Crippen molar-refractivity contribution >= 4 is 17.7 Å². The largest absolute Gasteiger partial charge is 0.378 e. The third-order valence-electron chi connectivity index (χ3n) is 6.95. The first-order valence-electron chi connectivity index (χ1n) is 11.0. The van der Waals surface area contributed by atoms with Crippen molar-refractivity contribution in [2.75, 3.05) is 56.2 Å². The molecule has 9 heteroatoms. The molecule has 0 radical (unpaired) electrons. The number of aromatic amines is 1. The van der Waals surface area contributed by atoms with Gasteiger partial charge in [-0.25, -0.2) is 9.97 Å². The fraction of sp³-hybridized carbons (Fsp3) is 0.545. The molecule has 0 atom stereocenters. The molecule has 1 spiro atoms. The number of fused-ring (bicyclic) bond motifs is 2. The third kappa shape index (κ3) is 3.46. The highest BCUT2D eigenvalue weighted by atomic mass is 16.5. The zero-order valence-electron chi connectivity index (χ0n) is 17.8. The van der Waals surface area contributed by atoms with Gasteiger partial charge in [0.1, 0.15) is 5.82 Å². The van der Waals surface area contributed by atoms with Crippen LogP contribution in [-0.4, -0.2) is 67.3 Å². The predicted octanol–water partition coefficient (Wildman–Crippen LogP) is 0.845. The smallest absolute Gasteiger partial charge is 0.255 e. The van der Waals surface area contributed by atoms with Crippen molar-refractivity contribution in [1.82, 2.24) is 20.3 Å². The number of morpholine rings is 1. The van der Waals surface area contributed by atoms with Gasteiger partial charge >= 0.3 is 0 Å². The molecular formula is C22H28N6O3. The zero-order chi connectivity index (χ0) is 21.4. The highest BCUT2D eigenvalue weighted by Gasteiger charge is 2.44. The number of H-pyrrole nitrogens is 1. The van der Waals surface area contributed by atoms with Gasteiger partial charge in [-0.1, -0.05) is 0 Å². The number of anilines is 2. The Kier molecular flexibility index (Phi) is 5.13. The second-order valence-electron chi connectivity index (χ2n) is 8.54. The van der Waals surface area contributed by atoms with Crippen LogP contribution in [0.5, 0.6) is 0 Å². The molecule has 3 aliphatic rings. The Labute approximate surface area is 180 Å². The van der Waals surface area contributed by atoms with E-state index in [9.17, 15) is 9.59 Å². The van der Waals surface area contributed by atoms with Gasteiger partial charge in [0.25, 0.3) is 11.5 Å². The van der Waals surface area contributed by atoms with Crippen LogP contribution in [0, 0.1) is 0 Å². The number of pyridine rings is 1. The van der Waals surface area contributed by atoms with Crippen LogP contribution in [0.25, 0.3) is 0 Å². The molecular weight excluding hydrogens is 396 g/mol. The lowest BCUT2D eigenvalue weighted by molar-refractivity contribution is 0.0963. The number of piperidine rings is 1. The number of nitrogens with zero attached hydrogens (tertiary/aromatic N) is 4. The van der Waals surface area contributed by atoms with Gasteiger partial charge in [0.05, 0.1) is 24.5 Å². The fourth-order valence-corrected chi connectivity index (χ4v) is 5.16. The molecule has 1 aliphatic carbocycles. The minimum Gasteiger partial charge on any atom is -0.378 e. The molecule has 0 aromatic carbocycles. The van der Waals surface area contributed by atoms with Crippen LogP contribution in [0.1, 0.15) is 40.9 Å². The number of hydrogen-bond acceptors (Lipinski definition) is 7. The molecule has 2 aromatic rings. The molecule has 2 N–H and O–H groups in total. The van der Waals surface area contributed by atoms with Crippen LogP contribution in [0.4, 0.5) is 11.8 Å². The van der Waals surface area contributed by atoms with E-state index in [4.69, 9.17) is 9.72 Å². The monoisotopic (exact) mass is 424 g/mol. The van der Waals surface area contributed by atoms with Crippen molar-refractivity contribution in [1.29, 1.82) is 0 Å². The molecule has 1 amide bonds.